The van der Waals surface area contributed by atoms with E-state index in [9.17, 15) is 23.8 Å². The fourth-order valence-electron chi connectivity index (χ4n) is 5.13. The summed E-state index contributed by atoms with van der Waals surface area (Å²) in [5, 5.41) is 0. The van der Waals surface area contributed by atoms with Gasteiger partial charge in [-0.2, -0.15) is 0 Å². The molecule has 0 aromatic carbocycles. The Morgan fingerprint density at radius 2 is 1.14 bits per heavy atom. The summed E-state index contributed by atoms with van der Waals surface area (Å²) in [4.78, 5) is 47.6. The van der Waals surface area contributed by atoms with Crippen LogP contribution in [0.2, 0.25) is 0 Å². The van der Waals surface area contributed by atoms with Crippen molar-refractivity contribution in [2.75, 3.05) is 47.5 Å². The normalized spacial score (nSPS) is 14.4. The predicted octanol–water partition coefficient (Wildman–Crippen LogP) is 11.8. The van der Waals surface area contributed by atoms with E-state index in [0.717, 1.165) is 70.6 Å². The van der Waals surface area contributed by atoms with Gasteiger partial charge in [0.1, 0.15) is 19.8 Å². The Morgan fingerprint density at radius 1 is 0.593 bits per heavy atom. The summed E-state index contributed by atoms with van der Waals surface area (Å²) in [5.74, 6) is -1.22. The summed E-state index contributed by atoms with van der Waals surface area (Å²) in [6, 6.07) is 0. The number of carbonyl (C=O) groups excluding carboxylic acids is 3. The van der Waals surface area contributed by atoms with Gasteiger partial charge in [0.05, 0.1) is 27.7 Å². The van der Waals surface area contributed by atoms with Crippen LogP contribution in [0.15, 0.2) is 97.2 Å². The Hall–Kier alpha value is -3.40. The molecule has 2 atom stereocenters. The van der Waals surface area contributed by atoms with Crippen LogP contribution in [0.5, 0.6) is 0 Å². The minimum Gasteiger partial charge on any atom is -0.462 e. The van der Waals surface area contributed by atoms with Crippen LogP contribution in [0.1, 0.15) is 136 Å². The first-order valence-corrected chi connectivity index (χ1v) is 23.4. The molecule has 0 radical (unpaired) electrons. The molecule has 10 nitrogen and oxygen atoms in total. The number of phosphoric acid groups is 1. The smallest absolute Gasteiger partial charge is 0.462 e. The summed E-state index contributed by atoms with van der Waals surface area (Å²) in [7, 11) is 1.30. The van der Waals surface area contributed by atoms with E-state index in [0.29, 0.717) is 17.4 Å². The molecule has 0 fully saturated rings. The lowest BCUT2D eigenvalue weighted by atomic mass is 10.1. The molecule has 0 aliphatic rings. The Labute approximate surface area is 358 Å². The average molecular weight is 845 g/mol. The summed E-state index contributed by atoms with van der Waals surface area (Å²) in [6.07, 6.45) is 47.5. The summed E-state index contributed by atoms with van der Waals surface area (Å²) in [5.41, 5.74) is 0. The highest BCUT2D eigenvalue weighted by molar-refractivity contribution is 7.47. The molecular formula is C48H79NO9P+. The first-order chi connectivity index (χ1) is 28.4. The van der Waals surface area contributed by atoms with Gasteiger partial charge in [-0.1, -0.05) is 131 Å². The van der Waals surface area contributed by atoms with Crippen LogP contribution in [0.25, 0.3) is 0 Å². The zero-order valence-electron chi connectivity index (χ0n) is 37.2. The molecule has 0 aliphatic carbocycles. The maximum absolute atomic E-state index is 12.7. The van der Waals surface area contributed by atoms with Crippen molar-refractivity contribution in [3.63, 3.8) is 0 Å². The zero-order valence-corrected chi connectivity index (χ0v) is 38.1. The number of unbranched alkanes of at least 4 members (excludes halogenated alkanes) is 7. The lowest BCUT2D eigenvalue weighted by Crippen LogP contribution is -2.37. The molecular weight excluding hydrogens is 765 g/mol. The van der Waals surface area contributed by atoms with E-state index in [1.807, 2.05) is 33.3 Å². The van der Waals surface area contributed by atoms with Gasteiger partial charge in [0.2, 0.25) is 0 Å². The maximum atomic E-state index is 12.7. The quantitative estimate of drug-likeness (QED) is 0.0123. The molecule has 0 spiro atoms. The van der Waals surface area contributed by atoms with E-state index in [2.05, 4.69) is 86.8 Å². The highest BCUT2D eigenvalue weighted by atomic mass is 31.2. The van der Waals surface area contributed by atoms with Gasteiger partial charge in [-0.25, -0.2) is 4.57 Å². The van der Waals surface area contributed by atoms with Crippen LogP contribution in [0.4, 0.5) is 0 Å². The van der Waals surface area contributed by atoms with Crippen LogP contribution < -0.4 is 0 Å². The number of phosphoric ester groups is 1. The second-order valence-corrected chi connectivity index (χ2v) is 16.8. The monoisotopic (exact) mass is 845 g/mol. The highest BCUT2D eigenvalue weighted by Crippen LogP contribution is 2.43. The van der Waals surface area contributed by atoms with Crippen molar-refractivity contribution < 1.29 is 46.8 Å². The number of likely N-dealkylation sites (N-methyl/N-ethyl adjacent to an activating group) is 1. The third kappa shape index (κ3) is 42.5. The van der Waals surface area contributed by atoms with Crippen molar-refractivity contribution in [1.82, 2.24) is 0 Å². The summed E-state index contributed by atoms with van der Waals surface area (Å²) >= 11 is 0. The molecule has 0 aliphatic heterocycles. The van der Waals surface area contributed by atoms with E-state index in [1.54, 1.807) is 6.08 Å². The minimum absolute atomic E-state index is 0.0212. The van der Waals surface area contributed by atoms with Gasteiger partial charge < -0.3 is 18.9 Å². The van der Waals surface area contributed by atoms with Crippen molar-refractivity contribution in [2.24, 2.45) is 0 Å². The molecule has 0 bridgehead atoms. The number of nitrogens with zero attached hydrogens (tertiary/aromatic N) is 1. The number of esters is 2. The number of hydrogen-bond donors (Lipinski definition) is 1. The summed E-state index contributed by atoms with van der Waals surface area (Å²) < 4.78 is 34.0. The number of carbonyl (C=O) groups is 3. The van der Waals surface area contributed by atoms with Gasteiger partial charge in [0, 0.05) is 19.3 Å². The van der Waals surface area contributed by atoms with Crippen LogP contribution in [-0.2, 0) is 37.5 Å². The van der Waals surface area contributed by atoms with Gasteiger partial charge in [0.25, 0.3) is 0 Å². The Morgan fingerprint density at radius 3 is 1.73 bits per heavy atom. The third-order valence-corrected chi connectivity index (χ3v) is 9.56. The number of hydrogen-bond acceptors (Lipinski definition) is 8. The van der Waals surface area contributed by atoms with Crippen molar-refractivity contribution >= 4 is 25.5 Å². The molecule has 0 aromatic rings. The fourth-order valence-corrected chi connectivity index (χ4v) is 5.87. The molecule has 0 saturated carbocycles. The molecule has 334 valence electrons. The van der Waals surface area contributed by atoms with Crippen LogP contribution in [-0.4, -0.2) is 80.7 Å². The first kappa shape index (κ1) is 55.6. The molecule has 0 saturated heterocycles. The van der Waals surface area contributed by atoms with Crippen molar-refractivity contribution in [3.05, 3.63) is 97.2 Å². The standard InChI is InChI=1S/C48H78NO9P/c1-6-8-10-12-14-16-18-20-21-22-23-25-27-29-31-33-35-39-47(51)55-43-46(44-57-59(53,54)56-42-41-49(3,4)5)58-48(52)40-36-38-45(50)37-34-32-30-28-26-24-19-17-15-13-11-9-7-2/h8,10,14-17,20-21,23-26,30,32,34,37,46H,6-7,9,11-13,18-19,22,27-29,31,33,35-36,38-44H2,1-5H3/p+1/b10-8-,16-14-,17-15-,21-20-,25-23-,26-24-,32-30-,37-34+/t46-/m1/s1. The van der Waals surface area contributed by atoms with Crippen LogP contribution >= 0.6 is 7.82 Å². The van der Waals surface area contributed by atoms with E-state index in [1.165, 1.54) is 25.3 Å². The second-order valence-electron chi connectivity index (χ2n) is 15.4. The van der Waals surface area contributed by atoms with Gasteiger partial charge in [-0.15, -0.1) is 0 Å². The molecule has 59 heavy (non-hydrogen) atoms. The minimum atomic E-state index is -4.45. The average Bonchev–Trinajstić information content (AvgIpc) is 3.18. The largest absolute Gasteiger partial charge is 0.472 e. The molecule has 1 unspecified atom stereocenters. The number of quaternary nitrogens is 1. The third-order valence-electron chi connectivity index (χ3n) is 8.57. The van der Waals surface area contributed by atoms with Gasteiger partial charge >= 0.3 is 19.8 Å². The maximum Gasteiger partial charge on any atom is 0.472 e. The SMILES string of the molecule is CC/C=C\C/C=C\C/C=C\C/C=C\CCCCCCC(=O)OC[C@H](COP(=O)(O)OCC[N+](C)(C)C)OC(=O)CCCC(=O)/C=C/C=C\C/C=C\C/C=C\CCCCC. The van der Waals surface area contributed by atoms with E-state index < -0.39 is 32.5 Å². The molecule has 0 rings (SSSR count). The van der Waals surface area contributed by atoms with Gasteiger partial charge in [-0.3, -0.25) is 23.4 Å². The van der Waals surface area contributed by atoms with E-state index in [-0.39, 0.29) is 44.7 Å². The molecule has 1 N–H and O–H groups in total. The van der Waals surface area contributed by atoms with E-state index >= 15 is 0 Å². The zero-order chi connectivity index (χ0) is 43.7. The predicted molar refractivity (Wildman–Crippen MR) is 243 cm³/mol. The molecule has 0 amide bonds. The second kappa shape index (κ2) is 38.8. The molecule has 11 heteroatoms. The lowest BCUT2D eigenvalue weighted by molar-refractivity contribution is -0.870. The number of ether oxygens (including phenoxy) is 2. The number of rotatable bonds is 38. The van der Waals surface area contributed by atoms with Crippen molar-refractivity contribution in [2.45, 2.75) is 142 Å². The summed E-state index contributed by atoms with van der Waals surface area (Å²) in [6.45, 7) is 3.94. The Bertz CT molecular complexity index is 1380. The first-order valence-electron chi connectivity index (χ1n) is 21.9. The van der Waals surface area contributed by atoms with Gasteiger partial charge in [-0.05, 0) is 83.1 Å². The van der Waals surface area contributed by atoms with Crippen molar-refractivity contribution in [1.29, 1.82) is 0 Å². The Balaban J connectivity index is 4.63. The number of allylic oxidation sites excluding steroid dienone is 16. The Kier molecular flexibility index (Phi) is 36.5. The lowest BCUT2D eigenvalue weighted by Gasteiger charge is -2.24. The number of ketones is 1. The topological polar surface area (TPSA) is 125 Å². The van der Waals surface area contributed by atoms with Crippen LogP contribution in [0.3, 0.4) is 0 Å². The van der Waals surface area contributed by atoms with Gasteiger partial charge in [0.15, 0.2) is 11.9 Å². The van der Waals surface area contributed by atoms with Crippen LogP contribution in [0, 0.1) is 0 Å². The molecule has 0 aromatic heterocycles. The van der Waals surface area contributed by atoms with E-state index in [4.69, 9.17) is 18.5 Å². The molecule has 0 heterocycles. The highest BCUT2D eigenvalue weighted by Gasteiger charge is 2.27. The fraction of sp³-hybridized carbons (Fsp3) is 0.604. The van der Waals surface area contributed by atoms with Crippen molar-refractivity contribution in [3.8, 4) is 0 Å².